The van der Waals surface area contributed by atoms with Gasteiger partial charge in [0.05, 0.1) is 11.3 Å². The summed E-state index contributed by atoms with van der Waals surface area (Å²) in [7, 11) is 0. The molecule has 0 aliphatic carbocycles. The number of carbonyl (C=O) groups is 2. The van der Waals surface area contributed by atoms with Gasteiger partial charge in [0.2, 0.25) is 5.78 Å². The minimum Gasteiger partial charge on any atom is -0.319 e. The number of hydrogen-bond acceptors (Lipinski definition) is 2. The van der Waals surface area contributed by atoms with E-state index in [9.17, 15) is 22.8 Å². The van der Waals surface area contributed by atoms with Crippen LogP contribution >= 0.6 is 11.6 Å². The molecule has 0 unspecified atom stereocenters. The fourth-order valence-electron chi connectivity index (χ4n) is 1.21. The fourth-order valence-corrected chi connectivity index (χ4v) is 1.38. The largest absolute Gasteiger partial charge is 0.418 e. The molecule has 98 valence electrons. The third-order valence-electron chi connectivity index (χ3n) is 2.11. The lowest BCUT2D eigenvalue weighted by molar-refractivity contribution is -0.137. The van der Waals surface area contributed by atoms with Crippen LogP contribution in [-0.2, 0) is 15.8 Å². The van der Waals surface area contributed by atoms with Crippen molar-refractivity contribution >= 4 is 29.0 Å². The van der Waals surface area contributed by atoms with Gasteiger partial charge in [0, 0.05) is 11.4 Å². The number of Topliss-reactive ketones (excluding diaryl/α,β-unsaturated/α-hetero) is 1. The molecule has 0 saturated carbocycles. The van der Waals surface area contributed by atoms with E-state index < -0.39 is 29.1 Å². The molecule has 0 radical (unpaired) electrons. The number of alkyl halides is 3. The van der Waals surface area contributed by atoms with Gasteiger partial charge in [-0.1, -0.05) is 18.5 Å². The Balaban J connectivity index is 3.10. The van der Waals surface area contributed by atoms with E-state index in [-0.39, 0.29) is 11.4 Å². The number of anilines is 1. The number of nitrogens with one attached hydrogen (secondary N) is 1. The minimum atomic E-state index is -4.66. The van der Waals surface area contributed by atoms with E-state index in [1.54, 1.807) is 0 Å². The summed E-state index contributed by atoms with van der Waals surface area (Å²) in [5, 5.41) is 1.82. The second-order valence-electron chi connectivity index (χ2n) is 3.42. The van der Waals surface area contributed by atoms with Crippen molar-refractivity contribution in [1.29, 1.82) is 0 Å². The number of rotatable bonds is 3. The molecular formula is C11H9ClF3NO2. The second-order valence-corrected chi connectivity index (χ2v) is 3.85. The number of ketones is 1. The quantitative estimate of drug-likeness (QED) is 0.863. The number of halogens is 4. The van der Waals surface area contributed by atoms with Gasteiger partial charge in [-0.2, -0.15) is 13.2 Å². The molecule has 0 saturated heterocycles. The molecule has 0 heterocycles. The maximum Gasteiger partial charge on any atom is 0.418 e. The van der Waals surface area contributed by atoms with E-state index in [0.29, 0.717) is 6.07 Å². The highest BCUT2D eigenvalue weighted by Crippen LogP contribution is 2.36. The van der Waals surface area contributed by atoms with E-state index >= 15 is 0 Å². The maximum absolute atomic E-state index is 12.7. The normalized spacial score (nSPS) is 11.2. The average molecular weight is 280 g/mol. The third kappa shape index (κ3) is 3.46. The Labute approximate surface area is 106 Å². The van der Waals surface area contributed by atoms with Crippen LogP contribution in [0.2, 0.25) is 5.02 Å². The lowest BCUT2D eigenvalue weighted by Gasteiger charge is -2.13. The first-order valence-corrected chi connectivity index (χ1v) is 5.34. The Morgan fingerprint density at radius 3 is 2.44 bits per heavy atom. The van der Waals surface area contributed by atoms with Crippen molar-refractivity contribution in [2.45, 2.75) is 19.5 Å². The molecule has 1 aromatic carbocycles. The Kier molecular flexibility index (Phi) is 4.34. The Morgan fingerprint density at radius 2 is 1.94 bits per heavy atom. The molecule has 7 heteroatoms. The van der Waals surface area contributed by atoms with Crippen LogP contribution in [0.3, 0.4) is 0 Å². The van der Waals surface area contributed by atoms with Gasteiger partial charge in [-0.3, -0.25) is 9.59 Å². The molecule has 0 aliphatic heterocycles. The van der Waals surface area contributed by atoms with E-state index in [2.05, 4.69) is 0 Å². The molecular weight excluding hydrogens is 271 g/mol. The van der Waals surface area contributed by atoms with E-state index in [1.807, 2.05) is 5.32 Å². The summed E-state index contributed by atoms with van der Waals surface area (Å²) < 4.78 is 38.0. The van der Waals surface area contributed by atoms with Crippen LogP contribution in [-0.4, -0.2) is 11.7 Å². The van der Waals surface area contributed by atoms with Crippen LogP contribution in [0.25, 0.3) is 0 Å². The highest BCUT2D eigenvalue weighted by atomic mass is 35.5. The molecule has 1 rings (SSSR count). The zero-order valence-corrected chi connectivity index (χ0v) is 10.0. The zero-order valence-electron chi connectivity index (χ0n) is 9.27. The van der Waals surface area contributed by atoms with Crippen molar-refractivity contribution < 1.29 is 22.8 Å². The molecule has 18 heavy (non-hydrogen) atoms. The first-order chi connectivity index (χ1) is 8.25. The van der Waals surface area contributed by atoms with Gasteiger partial charge in [-0.25, -0.2) is 0 Å². The van der Waals surface area contributed by atoms with E-state index in [0.717, 1.165) is 6.07 Å². The minimum absolute atomic E-state index is 0.0826. The predicted octanol–water partition coefficient (Wildman–Crippen LogP) is 3.28. The monoisotopic (exact) mass is 279 g/mol. The van der Waals surface area contributed by atoms with Crippen LogP contribution in [0, 0.1) is 0 Å². The number of hydrogen-bond donors (Lipinski definition) is 1. The smallest absolute Gasteiger partial charge is 0.319 e. The Hall–Kier alpha value is -1.56. The Bertz CT molecular complexity index is 486. The molecule has 0 fully saturated rings. The van der Waals surface area contributed by atoms with Crippen LogP contribution < -0.4 is 5.32 Å². The summed E-state index contributed by atoms with van der Waals surface area (Å²) in [4.78, 5) is 22.3. The molecule has 0 atom stereocenters. The van der Waals surface area contributed by atoms with Gasteiger partial charge in [0.1, 0.15) is 0 Å². The lowest BCUT2D eigenvalue weighted by Crippen LogP contribution is -2.23. The van der Waals surface area contributed by atoms with Crippen LogP contribution in [0.5, 0.6) is 0 Å². The van der Waals surface area contributed by atoms with E-state index in [1.165, 1.54) is 13.0 Å². The maximum atomic E-state index is 12.7. The topological polar surface area (TPSA) is 46.2 Å². The second kappa shape index (κ2) is 5.39. The van der Waals surface area contributed by atoms with Crippen molar-refractivity contribution in [1.82, 2.24) is 0 Å². The van der Waals surface area contributed by atoms with E-state index in [4.69, 9.17) is 11.6 Å². The highest BCUT2D eigenvalue weighted by molar-refractivity contribution is 6.40. The number of amides is 1. The van der Waals surface area contributed by atoms with Crippen molar-refractivity contribution in [3.63, 3.8) is 0 Å². The number of carbonyl (C=O) groups excluding carboxylic acids is 2. The SMILES string of the molecule is CCC(=O)C(=O)Nc1ccc(Cl)cc1C(F)(F)F. The van der Waals surface area contributed by atoms with Gasteiger partial charge >= 0.3 is 6.18 Å². The summed E-state index contributed by atoms with van der Waals surface area (Å²) in [5.41, 5.74) is -1.58. The van der Waals surface area contributed by atoms with Crippen molar-refractivity contribution in [2.24, 2.45) is 0 Å². The van der Waals surface area contributed by atoms with Gasteiger partial charge in [0.15, 0.2) is 0 Å². The molecule has 0 bridgehead atoms. The predicted molar refractivity (Wildman–Crippen MR) is 60.4 cm³/mol. The molecule has 1 aromatic rings. The Morgan fingerprint density at radius 1 is 1.33 bits per heavy atom. The first kappa shape index (κ1) is 14.5. The van der Waals surface area contributed by atoms with Crippen molar-refractivity contribution in [3.8, 4) is 0 Å². The zero-order chi connectivity index (χ0) is 13.9. The lowest BCUT2D eigenvalue weighted by atomic mass is 10.1. The molecule has 0 spiro atoms. The first-order valence-electron chi connectivity index (χ1n) is 4.96. The molecule has 0 aliphatic rings. The standard InChI is InChI=1S/C11H9ClF3NO2/c1-2-9(17)10(18)16-8-4-3-6(12)5-7(8)11(13,14)15/h3-5H,2H2,1H3,(H,16,18). The molecule has 1 N–H and O–H groups in total. The van der Waals surface area contributed by atoms with Gasteiger partial charge in [-0.05, 0) is 18.2 Å². The summed E-state index contributed by atoms with van der Waals surface area (Å²) >= 11 is 5.47. The summed E-state index contributed by atoms with van der Waals surface area (Å²) in [6, 6.07) is 2.89. The number of benzene rings is 1. The molecule has 0 aromatic heterocycles. The summed E-state index contributed by atoms with van der Waals surface area (Å²) in [6.45, 7) is 1.44. The molecule has 1 amide bonds. The van der Waals surface area contributed by atoms with Gasteiger partial charge < -0.3 is 5.32 Å². The average Bonchev–Trinajstić information content (AvgIpc) is 2.28. The molecule has 3 nitrogen and oxygen atoms in total. The third-order valence-corrected chi connectivity index (χ3v) is 2.34. The van der Waals surface area contributed by atoms with Crippen molar-refractivity contribution in [3.05, 3.63) is 28.8 Å². The highest BCUT2D eigenvalue weighted by Gasteiger charge is 2.34. The fraction of sp³-hybridized carbons (Fsp3) is 0.273. The van der Waals surface area contributed by atoms with Crippen LogP contribution in [0.4, 0.5) is 18.9 Å². The summed E-state index contributed by atoms with van der Waals surface area (Å²) in [5.74, 6) is -1.87. The van der Waals surface area contributed by atoms with Gasteiger partial charge in [-0.15, -0.1) is 0 Å². The summed E-state index contributed by atoms with van der Waals surface area (Å²) in [6.07, 6.45) is -4.75. The van der Waals surface area contributed by atoms with Crippen LogP contribution in [0.15, 0.2) is 18.2 Å². The van der Waals surface area contributed by atoms with Gasteiger partial charge in [0.25, 0.3) is 5.91 Å². The van der Waals surface area contributed by atoms with Crippen LogP contribution in [0.1, 0.15) is 18.9 Å². The van der Waals surface area contributed by atoms with Crippen molar-refractivity contribution in [2.75, 3.05) is 5.32 Å².